The van der Waals surface area contributed by atoms with E-state index in [2.05, 4.69) is 30.8 Å². The number of rotatable bonds is 4. The zero-order valence-electron chi connectivity index (χ0n) is 15.6. The van der Waals surface area contributed by atoms with Crippen LogP contribution in [-0.2, 0) is 0 Å². The third-order valence-corrected chi connectivity index (χ3v) is 5.11. The molecule has 144 valence electrons. The van der Waals surface area contributed by atoms with E-state index in [1.165, 1.54) is 30.6 Å². The third kappa shape index (κ3) is 3.94. The first-order valence-electron chi connectivity index (χ1n) is 8.73. The maximum atomic E-state index is 12.5. The highest BCUT2D eigenvalue weighted by atomic mass is 32.1. The molecule has 2 amide bonds. The first-order chi connectivity index (χ1) is 14.0. The molecule has 3 heterocycles. The van der Waals surface area contributed by atoms with Crippen molar-refractivity contribution in [2.45, 2.75) is 6.92 Å². The van der Waals surface area contributed by atoms with Gasteiger partial charge >= 0.3 is 0 Å². The fraction of sp³-hybridized carbons (Fsp3) is 0.100. The van der Waals surface area contributed by atoms with E-state index in [-0.39, 0.29) is 17.5 Å². The summed E-state index contributed by atoms with van der Waals surface area (Å²) >= 11 is 1.52. The molecule has 0 atom stereocenters. The van der Waals surface area contributed by atoms with Crippen LogP contribution in [0.1, 0.15) is 25.9 Å². The van der Waals surface area contributed by atoms with Crippen LogP contribution in [0.25, 0.3) is 21.3 Å². The molecule has 4 aromatic rings. The Hall–Kier alpha value is -3.72. The van der Waals surface area contributed by atoms with Crippen molar-refractivity contribution in [1.29, 1.82) is 0 Å². The number of nitrogens with zero attached hydrogens (tertiary/aromatic N) is 4. The molecule has 8 nitrogen and oxygen atoms in total. The summed E-state index contributed by atoms with van der Waals surface area (Å²) in [6.45, 7) is 1.91. The number of amides is 2. The summed E-state index contributed by atoms with van der Waals surface area (Å²) in [5.41, 5.74) is 1.53. The van der Waals surface area contributed by atoms with Crippen molar-refractivity contribution in [3.8, 4) is 10.6 Å². The Balaban J connectivity index is 1.57. The minimum atomic E-state index is -0.358. The molecule has 0 unspecified atom stereocenters. The number of pyridine rings is 2. The first-order valence-corrected chi connectivity index (χ1v) is 9.55. The van der Waals surface area contributed by atoms with Crippen molar-refractivity contribution in [3.05, 3.63) is 65.1 Å². The van der Waals surface area contributed by atoms with Gasteiger partial charge in [0.2, 0.25) is 0 Å². The molecule has 0 aliphatic rings. The van der Waals surface area contributed by atoms with Crippen LogP contribution in [0, 0.1) is 6.92 Å². The van der Waals surface area contributed by atoms with Crippen LogP contribution in [0.2, 0.25) is 0 Å². The van der Waals surface area contributed by atoms with E-state index in [4.69, 9.17) is 0 Å². The lowest BCUT2D eigenvalue weighted by molar-refractivity contribution is 0.0955. The topological polar surface area (TPSA) is 110 Å². The monoisotopic (exact) mass is 404 g/mol. The molecule has 3 aromatic heterocycles. The number of hydrogen-bond acceptors (Lipinski definition) is 7. The Morgan fingerprint density at radius 3 is 2.48 bits per heavy atom. The van der Waals surface area contributed by atoms with E-state index in [1.54, 1.807) is 18.3 Å². The number of carbonyl (C=O) groups excluding carboxylic acids is 2. The lowest BCUT2D eigenvalue weighted by Crippen LogP contribution is -2.20. The number of anilines is 1. The molecule has 0 saturated carbocycles. The van der Waals surface area contributed by atoms with Crippen LogP contribution in [0.5, 0.6) is 0 Å². The van der Waals surface area contributed by atoms with Crippen molar-refractivity contribution in [2.24, 2.45) is 0 Å². The van der Waals surface area contributed by atoms with E-state index < -0.39 is 0 Å². The van der Waals surface area contributed by atoms with Gasteiger partial charge in [0, 0.05) is 30.4 Å². The SMILES string of the molecule is CNC(=O)c1ccc(C(=O)Nc2cc3cc(-c4nnc(C)s4)ccc3cn2)cn1. The zero-order valence-corrected chi connectivity index (χ0v) is 16.4. The number of hydrogen-bond donors (Lipinski definition) is 2. The van der Waals surface area contributed by atoms with Crippen molar-refractivity contribution in [3.63, 3.8) is 0 Å². The van der Waals surface area contributed by atoms with E-state index >= 15 is 0 Å². The fourth-order valence-corrected chi connectivity index (χ4v) is 3.42. The molecule has 29 heavy (non-hydrogen) atoms. The molecule has 1 aromatic carbocycles. The minimum absolute atomic E-state index is 0.243. The number of carbonyl (C=O) groups is 2. The van der Waals surface area contributed by atoms with Crippen LogP contribution in [0.3, 0.4) is 0 Å². The second-order valence-electron chi connectivity index (χ2n) is 6.22. The highest BCUT2D eigenvalue weighted by Gasteiger charge is 2.11. The van der Waals surface area contributed by atoms with E-state index in [0.717, 1.165) is 26.4 Å². The maximum Gasteiger partial charge on any atom is 0.269 e. The van der Waals surface area contributed by atoms with Crippen LogP contribution < -0.4 is 10.6 Å². The van der Waals surface area contributed by atoms with Gasteiger partial charge in [0.05, 0.1) is 5.56 Å². The van der Waals surface area contributed by atoms with Crippen molar-refractivity contribution in [1.82, 2.24) is 25.5 Å². The summed E-state index contributed by atoms with van der Waals surface area (Å²) in [6, 6.07) is 10.8. The molecule has 4 rings (SSSR count). The number of aromatic nitrogens is 4. The Kier molecular flexibility index (Phi) is 4.96. The van der Waals surface area contributed by atoms with Gasteiger partial charge in [-0.25, -0.2) is 4.98 Å². The highest BCUT2D eigenvalue weighted by molar-refractivity contribution is 7.14. The molecule has 2 N–H and O–H groups in total. The van der Waals surface area contributed by atoms with E-state index in [0.29, 0.717) is 11.4 Å². The maximum absolute atomic E-state index is 12.5. The van der Waals surface area contributed by atoms with Gasteiger partial charge in [-0.2, -0.15) is 0 Å². The van der Waals surface area contributed by atoms with Crippen molar-refractivity contribution in [2.75, 3.05) is 12.4 Å². The largest absolute Gasteiger partial charge is 0.354 e. The molecule has 0 aliphatic heterocycles. The molecule has 0 fully saturated rings. The lowest BCUT2D eigenvalue weighted by atomic mass is 10.1. The summed E-state index contributed by atoms with van der Waals surface area (Å²) in [4.78, 5) is 32.3. The van der Waals surface area contributed by atoms with Gasteiger partial charge in [-0.05, 0) is 36.6 Å². The van der Waals surface area contributed by atoms with Gasteiger partial charge in [-0.1, -0.05) is 23.5 Å². The molecule has 9 heteroatoms. The Morgan fingerprint density at radius 1 is 0.931 bits per heavy atom. The quantitative estimate of drug-likeness (QED) is 0.541. The molecule has 0 aliphatic carbocycles. The standard InChI is InChI=1S/C20H16N6O2S/c1-11-25-26-20(29-11)12-3-4-13-9-23-17(8-15(13)7-12)24-18(27)14-5-6-16(22-10-14)19(28)21-2/h3-10H,1-2H3,(H,21,28)(H,23,24,27). The molecule has 0 radical (unpaired) electrons. The Labute approximate surface area is 170 Å². The summed E-state index contributed by atoms with van der Waals surface area (Å²) in [5.74, 6) is -0.248. The van der Waals surface area contributed by atoms with Gasteiger partial charge in [0.25, 0.3) is 11.8 Å². The van der Waals surface area contributed by atoms with E-state index in [1.807, 2.05) is 25.1 Å². The third-order valence-electron chi connectivity index (χ3n) is 4.22. The number of fused-ring (bicyclic) bond motifs is 1. The van der Waals surface area contributed by atoms with Crippen LogP contribution in [0.4, 0.5) is 5.82 Å². The number of aryl methyl sites for hydroxylation is 1. The molecule has 0 saturated heterocycles. The number of nitrogens with one attached hydrogen (secondary N) is 2. The second-order valence-corrected chi connectivity index (χ2v) is 7.40. The first kappa shape index (κ1) is 18.6. The van der Waals surface area contributed by atoms with Crippen molar-refractivity contribution < 1.29 is 9.59 Å². The molecule has 0 spiro atoms. The summed E-state index contributed by atoms with van der Waals surface area (Å²) in [5, 5.41) is 17.1. The van der Waals surface area contributed by atoms with Gasteiger partial charge in [-0.3, -0.25) is 14.6 Å². The minimum Gasteiger partial charge on any atom is -0.354 e. The van der Waals surface area contributed by atoms with Crippen LogP contribution in [-0.4, -0.2) is 39.0 Å². The van der Waals surface area contributed by atoms with Gasteiger partial charge in [-0.15, -0.1) is 10.2 Å². The Bertz CT molecular complexity index is 1220. The summed E-state index contributed by atoms with van der Waals surface area (Å²) in [7, 11) is 1.52. The predicted octanol–water partition coefficient (Wildman–Crippen LogP) is 3.07. The average molecular weight is 404 g/mol. The molecular formula is C20H16N6O2S. The summed E-state index contributed by atoms with van der Waals surface area (Å²) < 4.78 is 0. The molecular weight excluding hydrogens is 388 g/mol. The van der Waals surface area contributed by atoms with E-state index in [9.17, 15) is 9.59 Å². The van der Waals surface area contributed by atoms with Gasteiger partial charge in [0.1, 0.15) is 21.5 Å². The fourth-order valence-electron chi connectivity index (χ4n) is 2.73. The smallest absolute Gasteiger partial charge is 0.269 e. The number of benzene rings is 1. The van der Waals surface area contributed by atoms with Crippen molar-refractivity contribution >= 4 is 39.7 Å². The van der Waals surface area contributed by atoms with Gasteiger partial charge < -0.3 is 10.6 Å². The second kappa shape index (κ2) is 7.72. The average Bonchev–Trinajstić information content (AvgIpc) is 3.19. The normalized spacial score (nSPS) is 10.7. The summed E-state index contributed by atoms with van der Waals surface area (Å²) in [6.07, 6.45) is 3.06. The predicted molar refractivity (Wildman–Crippen MR) is 111 cm³/mol. The zero-order chi connectivity index (χ0) is 20.4. The highest BCUT2D eigenvalue weighted by Crippen LogP contribution is 2.27. The molecule has 0 bridgehead atoms. The van der Waals surface area contributed by atoms with Crippen LogP contribution >= 0.6 is 11.3 Å². The lowest BCUT2D eigenvalue weighted by Gasteiger charge is -2.07. The van der Waals surface area contributed by atoms with Crippen LogP contribution in [0.15, 0.2) is 48.8 Å². The Morgan fingerprint density at radius 2 is 1.79 bits per heavy atom. The van der Waals surface area contributed by atoms with Gasteiger partial charge in [0.15, 0.2) is 0 Å².